The van der Waals surface area contributed by atoms with Crippen LogP contribution >= 0.6 is 0 Å². The number of carbonyl (C=O) groups is 1. The summed E-state index contributed by atoms with van der Waals surface area (Å²) in [5, 5.41) is 9.29. The van der Waals surface area contributed by atoms with Crippen LogP contribution in [0.15, 0.2) is 18.2 Å². The molecule has 1 atom stereocenters. The molecule has 0 fully saturated rings. The first-order valence-corrected chi connectivity index (χ1v) is 4.40. The summed E-state index contributed by atoms with van der Waals surface area (Å²) in [5.41, 5.74) is 4.61. The van der Waals surface area contributed by atoms with Crippen LogP contribution < -0.4 is 5.73 Å². The second kappa shape index (κ2) is 4.84. The SMILES string of the molecule is NC(=O)CC(O)Cc1c(F)cccc1F. The summed E-state index contributed by atoms with van der Waals surface area (Å²) in [4.78, 5) is 10.4. The van der Waals surface area contributed by atoms with Gasteiger partial charge < -0.3 is 10.8 Å². The van der Waals surface area contributed by atoms with Gasteiger partial charge in [0, 0.05) is 12.0 Å². The maximum atomic E-state index is 13.1. The highest BCUT2D eigenvalue weighted by molar-refractivity contribution is 5.74. The van der Waals surface area contributed by atoms with Gasteiger partial charge in [0.2, 0.25) is 5.91 Å². The van der Waals surface area contributed by atoms with E-state index in [1.54, 1.807) is 0 Å². The van der Waals surface area contributed by atoms with E-state index in [0.29, 0.717) is 0 Å². The summed E-state index contributed by atoms with van der Waals surface area (Å²) in [6.45, 7) is 0. The molecule has 1 unspecified atom stereocenters. The minimum atomic E-state index is -1.16. The molecule has 0 aromatic heterocycles. The molecule has 82 valence electrons. The summed E-state index contributed by atoms with van der Waals surface area (Å²) in [6, 6.07) is 3.42. The van der Waals surface area contributed by atoms with Gasteiger partial charge in [-0.3, -0.25) is 4.79 Å². The molecule has 3 nitrogen and oxygen atoms in total. The normalized spacial score (nSPS) is 12.5. The van der Waals surface area contributed by atoms with E-state index in [1.807, 2.05) is 0 Å². The first kappa shape index (κ1) is 11.6. The van der Waals surface area contributed by atoms with E-state index in [0.717, 1.165) is 12.1 Å². The van der Waals surface area contributed by atoms with Crippen LogP contribution in [0.4, 0.5) is 8.78 Å². The van der Waals surface area contributed by atoms with Crippen molar-refractivity contribution in [3.8, 4) is 0 Å². The van der Waals surface area contributed by atoms with Crippen LogP contribution in [-0.2, 0) is 11.2 Å². The van der Waals surface area contributed by atoms with E-state index in [1.165, 1.54) is 6.07 Å². The van der Waals surface area contributed by atoms with Crippen LogP contribution in [0, 0.1) is 11.6 Å². The van der Waals surface area contributed by atoms with Gasteiger partial charge in [-0.15, -0.1) is 0 Å². The van der Waals surface area contributed by atoms with Crippen LogP contribution in [0.5, 0.6) is 0 Å². The number of halogens is 2. The van der Waals surface area contributed by atoms with Gasteiger partial charge in [-0.2, -0.15) is 0 Å². The first-order valence-electron chi connectivity index (χ1n) is 4.40. The Balaban J connectivity index is 2.76. The summed E-state index contributed by atoms with van der Waals surface area (Å²) in [5.74, 6) is -2.18. The van der Waals surface area contributed by atoms with Gasteiger partial charge in [-0.25, -0.2) is 8.78 Å². The lowest BCUT2D eigenvalue weighted by molar-refractivity contribution is -0.119. The molecule has 1 aromatic rings. The number of aliphatic hydroxyl groups is 1. The van der Waals surface area contributed by atoms with Gasteiger partial charge in [0.1, 0.15) is 11.6 Å². The number of hydrogen-bond acceptors (Lipinski definition) is 2. The molecule has 1 rings (SSSR count). The number of nitrogens with two attached hydrogens (primary N) is 1. The molecule has 1 aromatic carbocycles. The smallest absolute Gasteiger partial charge is 0.220 e. The third kappa shape index (κ3) is 3.28. The second-order valence-electron chi connectivity index (χ2n) is 3.23. The molecular formula is C10H11F2NO2. The Hall–Kier alpha value is -1.49. The first-order chi connectivity index (χ1) is 7.00. The third-order valence-corrected chi connectivity index (χ3v) is 1.94. The number of rotatable bonds is 4. The van der Waals surface area contributed by atoms with Crippen LogP contribution in [0.25, 0.3) is 0 Å². The molecule has 0 heterocycles. The summed E-state index contributed by atoms with van der Waals surface area (Å²) in [7, 11) is 0. The molecule has 15 heavy (non-hydrogen) atoms. The highest BCUT2D eigenvalue weighted by atomic mass is 19.1. The maximum absolute atomic E-state index is 13.1. The Kier molecular flexibility index (Phi) is 3.74. The minimum Gasteiger partial charge on any atom is -0.392 e. The van der Waals surface area contributed by atoms with Gasteiger partial charge >= 0.3 is 0 Å². The van der Waals surface area contributed by atoms with Crippen molar-refractivity contribution in [2.24, 2.45) is 5.73 Å². The minimum absolute atomic E-state index is 0.230. The number of hydrogen-bond donors (Lipinski definition) is 2. The fourth-order valence-electron chi connectivity index (χ4n) is 1.27. The Bertz CT molecular complexity index is 348. The Labute approximate surface area is 85.5 Å². The zero-order chi connectivity index (χ0) is 11.4. The van der Waals surface area contributed by atoms with E-state index in [-0.39, 0.29) is 18.4 Å². The van der Waals surface area contributed by atoms with Crippen LogP contribution in [-0.4, -0.2) is 17.1 Å². The average molecular weight is 215 g/mol. The van der Waals surface area contributed by atoms with E-state index in [4.69, 9.17) is 5.73 Å². The fraction of sp³-hybridized carbons (Fsp3) is 0.300. The molecule has 0 aliphatic carbocycles. The molecule has 0 spiro atoms. The molecule has 0 aliphatic heterocycles. The van der Waals surface area contributed by atoms with Crippen molar-refractivity contribution in [3.05, 3.63) is 35.4 Å². The molecule has 5 heteroatoms. The maximum Gasteiger partial charge on any atom is 0.220 e. The van der Waals surface area contributed by atoms with Crippen LogP contribution in [0.3, 0.4) is 0 Å². The molecular weight excluding hydrogens is 204 g/mol. The topological polar surface area (TPSA) is 63.3 Å². The van der Waals surface area contributed by atoms with Gasteiger partial charge in [0.15, 0.2) is 0 Å². The zero-order valence-corrected chi connectivity index (χ0v) is 7.91. The number of primary amides is 1. The van der Waals surface area contributed by atoms with Gasteiger partial charge in [0.05, 0.1) is 12.5 Å². The largest absolute Gasteiger partial charge is 0.392 e. The van der Waals surface area contributed by atoms with Gasteiger partial charge in [-0.1, -0.05) is 6.07 Å². The highest BCUT2D eigenvalue weighted by Gasteiger charge is 2.15. The summed E-state index contributed by atoms with van der Waals surface area (Å²) in [6.07, 6.45) is -1.73. The fourth-order valence-corrected chi connectivity index (χ4v) is 1.27. The van der Waals surface area contributed by atoms with E-state index in [9.17, 15) is 18.7 Å². The van der Waals surface area contributed by atoms with Gasteiger partial charge in [0.25, 0.3) is 0 Å². The predicted octanol–water partition coefficient (Wildman–Crippen LogP) is 0.744. The van der Waals surface area contributed by atoms with Crippen molar-refractivity contribution in [2.75, 3.05) is 0 Å². The van der Waals surface area contributed by atoms with Crippen LogP contribution in [0.2, 0.25) is 0 Å². The summed E-state index contributed by atoms with van der Waals surface area (Å²) < 4.78 is 26.2. The lowest BCUT2D eigenvalue weighted by Crippen LogP contribution is -2.22. The monoisotopic (exact) mass is 215 g/mol. The number of aliphatic hydroxyl groups excluding tert-OH is 1. The summed E-state index contributed by atoms with van der Waals surface area (Å²) >= 11 is 0. The van der Waals surface area contributed by atoms with E-state index in [2.05, 4.69) is 0 Å². The van der Waals surface area contributed by atoms with Crippen LogP contribution in [0.1, 0.15) is 12.0 Å². The van der Waals surface area contributed by atoms with Crippen molar-refractivity contribution < 1.29 is 18.7 Å². The highest BCUT2D eigenvalue weighted by Crippen LogP contribution is 2.14. The molecule has 0 aliphatic rings. The number of benzene rings is 1. The zero-order valence-electron chi connectivity index (χ0n) is 7.91. The van der Waals surface area contributed by atoms with Crippen molar-refractivity contribution in [1.82, 2.24) is 0 Å². The molecule has 1 amide bonds. The van der Waals surface area contributed by atoms with Crippen molar-refractivity contribution in [2.45, 2.75) is 18.9 Å². The molecule has 0 radical (unpaired) electrons. The Morgan fingerprint density at radius 1 is 1.40 bits per heavy atom. The van der Waals surface area contributed by atoms with Crippen molar-refractivity contribution in [1.29, 1.82) is 0 Å². The predicted molar refractivity (Wildman–Crippen MR) is 49.9 cm³/mol. The lowest BCUT2D eigenvalue weighted by Gasteiger charge is -2.09. The van der Waals surface area contributed by atoms with Gasteiger partial charge in [-0.05, 0) is 12.1 Å². The van der Waals surface area contributed by atoms with Crippen molar-refractivity contribution in [3.63, 3.8) is 0 Å². The Morgan fingerprint density at radius 3 is 2.40 bits per heavy atom. The average Bonchev–Trinajstić information content (AvgIpc) is 2.10. The van der Waals surface area contributed by atoms with E-state index < -0.39 is 23.6 Å². The Morgan fingerprint density at radius 2 is 1.93 bits per heavy atom. The molecule has 3 N–H and O–H groups in total. The standard InChI is InChI=1S/C10H11F2NO2/c11-8-2-1-3-9(12)7(8)4-6(14)5-10(13)15/h1-3,6,14H,4-5H2,(H2,13,15). The number of carbonyl (C=O) groups excluding carboxylic acids is 1. The quantitative estimate of drug-likeness (QED) is 0.778. The van der Waals surface area contributed by atoms with E-state index >= 15 is 0 Å². The molecule has 0 bridgehead atoms. The number of amides is 1. The molecule has 0 saturated heterocycles. The third-order valence-electron chi connectivity index (χ3n) is 1.94. The second-order valence-corrected chi connectivity index (χ2v) is 3.23. The molecule has 0 saturated carbocycles. The van der Waals surface area contributed by atoms with Crippen molar-refractivity contribution >= 4 is 5.91 Å². The lowest BCUT2D eigenvalue weighted by atomic mass is 10.0.